The van der Waals surface area contributed by atoms with Crippen LogP contribution in [0.2, 0.25) is 0 Å². The van der Waals surface area contributed by atoms with Gasteiger partial charge in [-0.2, -0.15) is 0 Å². The zero-order valence-corrected chi connectivity index (χ0v) is 9.67. The molecule has 0 atom stereocenters. The van der Waals surface area contributed by atoms with E-state index in [1.165, 1.54) is 51.4 Å². The van der Waals surface area contributed by atoms with Crippen molar-refractivity contribution in [2.24, 2.45) is 5.84 Å². The lowest BCUT2D eigenvalue weighted by atomic mass is 10.1. The molecule has 0 heterocycles. The number of nitrogens with two attached hydrogens (primary N) is 1. The SMILES string of the molecule is CCCCCCCCCCNN.Cl. The fourth-order valence-electron chi connectivity index (χ4n) is 1.36. The Morgan fingerprint density at radius 3 is 1.77 bits per heavy atom. The average molecular weight is 209 g/mol. The van der Waals surface area contributed by atoms with Gasteiger partial charge in [0.05, 0.1) is 0 Å². The van der Waals surface area contributed by atoms with E-state index in [4.69, 9.17) is 5.84 Å². The van der Waals surface area contributed by atoms with Crippen molar-refractivity contribution in [2.45, 2.75) is 58.3 Å². The summed E-state index contributed by atoms with van der Waals surface area (Å²) >= 11 is 0. The molecule has 0 aromatic carbocycles. The van der Waals surface area contributed by atoms with Gasteiger partial charge in [-0.25, -0.2) is 0 Å². The smallest absolute Gasteiger partial charge is 0.00974 e. The molecule has 0 bridgehead atoms. The largest absolute Gasteiger partial charge is 0.271 e. The lowest BCUT2D eigenvalue weighted by Crippen LogP contribution is -2.22. The van der Waals surface area contributed by atoms with Gasteiger partial charge < -0.3 is 0 Å². The van der Waals surface area contributed by atoms with Gasteiger partial charge in [-0.15, -0.1) is 12.4 Å². The first-order valence-electron chi connectivity index (χ1n) is 5.35. The third-order valence-electron chi connectivity index (χ3n) is 2.17. The Balaban J connectivity index is 0. The summed E-state index contributed by atoms with van der Waals surface area (Å²) in [7, 11) is 0. The second-order valence-electron chi connectivity index (χ2n) is 3.43. The highest BCUT2D eigenvalue weighted by Gasteiger charge is 1.89. The molecular formula is C10H25ClN2. The van der Waals surface area contributed by atoms with Gasteiger partial charge in [0.15, 0.2) is 0 Å². The molecule has 0 aliphatic carbocycles. The Morgan fingerprint density at radius 1 is 0.846 bits per heavy atom. The summed E-state index contributed by atoms with van der Waals surface area (Å²) in [5.74, 6) is 5.16. The topological polar surface area (TPSA) is 38.0 Å². The third kappa shape index (κ3) is 15.0. The highest BCUT2D eigenvalue weighted by atomic mass is 35.5. The number of halogens is 1. The van der Waals surface area contributed by atoms with Crippen LogP contribution < -0.4 is 11.3 Å². The number of hydrogen-bond acceptors (Lipinski definition) is 2. The van der Waals surface area contributed by atoms with Gasteiger partial charge in [0.2, 0.25) is 0 Å². The summed E-state index contributed by atoms with van der Waals surface area (Å²) in [6.45, 7) is 3.22. The normalized spacial score (nSPS) is 9.69. The average Bonchev–Trinajstić information content (AvgIpc) is 2.10. The van der Waals surface area contributed by atoms with Gasteiger partial charge in [-0.1, -0.05) is 51.9 Å². The molecule has 13 heavy (non-hydrogen) atoms. The maximum absolute atomic E-state index is 5.16. The number of hydrogen-bond donors (Lipinski definition) is 2. The molecule has 0 amide bonds. The highest BCUT2D eigenvalue weighted by Crippen LogP contribution is 2.07. The predicted octanol–water partition coefficient (Wildman–Crippen LogP) is 3.01. The second-order valence-corrected chi connectivity index (χ2v) is 3.43. The lowest BCUT2D eigenvalue weighted by Gasteiger charge is -2.00. The van der Waals surface area contributed by atoms with Crippen LogP contribution in [-0.2, 0) is 0 Å². The molecule has 3 N–H and O–H groups in total. The molecule has 0 saturated heterocycles. The second kappa shape index (κ2) is 14.7. The van der Waals surface area contributed by atoms with E-state index < -0.39 is 0 Å². The molecule has 3 heteroatoms. The minimum absolute atomic E-state index is 0. The monoisotopic (exact) mass is 208 g/mol. The number of rotatable bonds is 9. The zero-order chi connectivity index (χ0) is 9.07. The molecule has 0 fully saturated rings. The van der Waals surface area contributed by atoms with E-state index in [1.54, 1.807) is 0 Å². The Kier molecular flexibility index (Phi) is 17.7. The van der Waals surface area contributed by atoms with Crippen LogP contribution in [0.1, 0.15) is 58.3 Å². The van der Waals surface area contributed by atoms with Crippen LogP contribution in [-0.4, -0.2) is 6.54 Å². The van der Waals surface area contributed by atoms with Gasteiger partial charge in [0.25, 0.3) is 0 Å². The van der Waals surface area contributed by atoms with Crippen LogP contribution in [0.25, 0.3) is 0 Å². The summed E-state index contributed by atoms with van der Waals surface area (Å²) < 4.78 is 0. The van der Waals surface area contributed by atoms with E-state index in [1.807, 2.05) is 0 Å². The van der Waals surface area contributed by atoms with Crippen molar-refractivity contribution < 1.29 is 0 Å². The molecule has 0 saturated carbocycles. The van der Waals surface area contributed by atoms with E-state index in [9.17, 15) is 0 Å². The lowest BCUT2D eigenvalue weighted by molar-refractivity contribution is 0.560. The minimum Gasteiger partial charge on any atom is -0.271 e. The van der Waals surface area contributed by atoms with E-state index >= 15 is 0 Å². The summed E-state index contributed by atoms with van der Waals surface area (Å²) in [6, 6.07) is 0. The van der Waals surface area contributed by atoms with Crippen molar-refractivity contribution in [1.29, 1.82) is 0 Å². The van der Waals surface area contributed by atoms with Crippen molar-refractivity contribution in [3.8, 4) is 0 Å². The molecule has 0 aromatic rings. The van der Waals surface area contributed by atoms with Crippen molar-refractivity contribution in [2.75, 3.05) is 6.54 Å². The fourth-order valence-corrected chi connectivity index (χ4v) is 1.36. The standard InChI is InChI=1S/C10H24N2.ClH/c1-2-3-4-5-6-7-8-9-10-12-11;/h12H,2-11H2,1H3;1H. The summed E-state index contributed by atoms with van der Waals surface area (Å²) in [5, 5.41) is 0. The molecule has 82 valence electrons. The molecule has 0 unspecified atom stereocenters. The van der Waals surface area contributed by atoms with Crippen molar-refractivity contribution >= 4 is 12.4 Å². The molecule has 0 aliphatic heterocycles. The zero-order valence-electron chi connectivity index (χ0n) is 8.85. The van der Waals surface area contributed by atoms with E-state index in [-0.39, 0.29) is 12.4 Å². The van der Waals surface area contributed by atoms with Crippen LogP contribution in [0.15, 0.2) is 0 Å². The Labute approximate surface area is 89.0 Å². The molecule has 0 aliphatic rings. The first-order chi connectivity index (χ1) is 5.91. The van der Waals surface area contributed by atoms with Gasteiger partial charge in [0.1, 0.15) is 0 Å². The summed E-state index contributed by atoms with van der Waals surface area (Å²) in [5.41, 5.74) is 2.68. The van der Waals surface area contributed by atoms with Crippen molar-refractivity contribution in [1.82, 2.24) is 5.43 Å². The van der Waals surface area contributed by atoms with Crippen LogP contribution >= 0.6 is 12.4 Å². The summed E-state index contributed by atoms with van der Waals surface area (Å²) in [4.78, 5) is 0. The predicted molar refractivity (Wildman–Crippen MR) is 62.0 cm³/mol. The number of hydrazine groups is 1. The maximum Gasteiger partial charge on any atom is 0.00974 e. The van der Waals surface area contributed by atoms with Crippen LogP contribution in [0.5, 0.6) is 0 Å². The summed E-state index contributed by atoms with van der Waals surface area (Å²) in [6.07, 6.45) is 10.9. The van der Waals surface area contributed by atoms with Crippen molar-refractivity contribution in [3.63, 3.8) is 0 Å². The third-order valence-corrected chi connectivity index (χ3v) is 2.17. The van der Waals surface area contributed by atoms with Crippen LogP contribution in [0, 0.1) is 0 Å². The van der Waals surface area contributed by atoms with E-state index in [2.05, 4.69) is 12.3 Å². The number of unbranched alkanes of at least 4 members (excludes halogenated alkanes) is 7. The fraction of sp³-hybridized carbons (Fsp3) is 1.00. The minimum atomic E-state index is 0. The van der Waals surface area contributed by atoms with Crippen molar-refractivity contribution in [3.05, 3.63) is 0 Å². The Morgan fingerprint density at radius 2 is 1.31 bits per heavy atom. The van der Waals surface area contributed by atoms with Gasteiger partial charge >= 0.3 is 0 Å². The molecular weight excluding hydrogens is 184 g/mol. The Bertz CT molecular complexity index is 69.3. The van der Waals surface area contributed by atoms with Crippen LogP contribution in [0.4, 0.5) is 0 Å². The quantitative estimate of drug-likeness (QED) is 0.347. The first kappa shape index (κ1) is 15.7. The van der Waals surface area contributed by atoms with E-state index in [0.717, 1.165) is 6.54 Å². The molecule has 2 nitrogen and oxygen atoms in total. The number of nitrogens with one attached hydrogen (secondary N) is 1. The van der Waals surface area contributed by atoms with Gasteiger partial charge in [0, 0.05) is 6.54 Å². The highest BCUT2D eigenvalue weighted by molar-refractivity contribution is 5.85. The van der Waals surface area contributed by atoms with E-state index in [0.29, 0.717) is 0 Å². The maximum atomic E-state index is 5.16. The molecule has 0 spiro atoms. The molecule has 0 aromatic heterocycles. The van der Waals surface area contributed by atoms with Crippen LogP contribution in [0.3, 0.4) is 0 Å². The molecule has 0 rings (SSSR count). The van der Waals surface area contributed by atoms with Gasteiger partial charge in [-0.05, 0) is 6.42 Å². The Hall–Kier alpha value is 0.210. The molecule has 0 radical (unpaired) electrons. The first-order valence-corrected chi connectivity index (χ1v) is 5.35. The van der Waals surface area contributed by atoms with Gasteiger partial charge in [-0.3, -0.25) is 11.3 Å².